The van der Waals surface area contributed by atoms with Crippen molar-refractivity contribution in [3.05, 3.63) is 54.1 Å². The van der Waals surface area contributed by atoms with Crippen molar-refractivity contribution in [2.75, 3.05) is 0 Å². The van der Waals surface area contributed by atoms with Gasteiger partial charge in [-0.25, -0.2) is 0 Å². The maximum absolute atomic E-state index is 12.1. The lowest BCUT2D eigenvalue weighted by molar-refractivity contribution is -0.134. The Bertz CT molecular complexity index is 858. The van der Waals surface area contributed by atoms with Crippen LogP contribution in [0.1, 0.15) is 101 Å². The van der Waals surface area contributed by atoms with Crippen LogP contribution in [0.5, 0.6) is 5.75 Å². The average Bonchev–Trinajstić information content (AvgIpc) is 2.84. The smallest absolute Gasteiger partial charge is 0.311 e. The zero-order valence-corrected chi connectivity index (χ0v) is 20.2. The lowest BCUT2D eigenvalue weighted by Gasteiger charge is -2.05. The van der Waals surface area contributed by atoms with E-state index in [4.69, 9.17) is 4.74 Å². The zero-order valence-electron chi connectivity index (χ0n) is 20.2. The summed E-state index contributed by atoms with van der Waals surface area (Å²) < 4.78 is 5.42. The molecule has 0 radical (unpaired) electrons. The van der Waals surface area contributed by atoms with Crippen LogP contribution in [0.4, 0.5) is 11.4 Å². The third kappa shape index (κ3) is 11.0. The molecule has 0 saturated heterocycles. The first-order valence-electron chi connectivity index (χ1n) is 12.5. The number of carbonyl (C=O) groups is 2. The third-order valence-electron chi connectivity index (χ3n) is 5.59. The topological polar surface area (TPSA) is 68.1 Å². The van der Waals surface area contributed by atoms with Gasteiger partial charge in [0.1, 0.15) is 5.75 Å². The molecule has 0 bridgehead atoms. The number of hydrogen-bond acceptors (Lipinski definition) is 5. The second kappa shape index (κ2) is 15.9. The number of ether oxygens (including phenoxy) is 1. The van der Waals surface area contributed by atoms with Crippen LogP contribution in [0.25, 0.3) is 0 Å². The molecule has 0 aliphatic rings. The van der Waals surface area contributed by atoms with Crippen LogP contribution in [0.3, 0.4) is 0 Å². The minimum absolute atomic E-state index is 0.108. The third-order valence-corrected chi connectivity index (χ3v) is 5.59. The Morgan fingerprint density at radius 2 is 1.15 bits per heavy atom. The molecule has 33 heavy (non-hydrogen) atoms. The van der Waals surface area contributed by atoms with E-state index in [0.29, 0.717) is 35.5 Å². The van der Waals surface area contributed by atoms with E-state index in [2.05, 4.69) is 17.2 Å². The molecule has 2 aromatic rings. The van der Waals surface area contributed by atoms with Gasteiger partial charge in [0.05, 0.1) is 11.4 Å². The molecule has 2 rings (SSSR count). The Labute approximate surface area is 198 Å². The minimum atomic E-state index is -0.189. The van der Waals surface area contributed by atoms with Crippen molar-refractivity contribution in [1.82, 2.24) is 0 Å². The second-order valence-electron chi connectivity index (χ2n) is 8.42. The maximum Gasteiger partial charge on any atom is 0.311 e. The van der Waals surface area contributed by atoms with Crippen molar-refractivity contribution in [3.63, 3.8) is 0 Å². The summed E-state index contributed by atoms with van der Waals surface area (Å²) in [5.74, 6) is 0.441. The minimum Gasteiger partial charge on any atom is -0.427 e. The van der Waals surface area contributed by atoms with Crippen molar-refractivity contribution < 1.29 is 14.3 Å². The van der Waals surface area contributed by atoms with Crippen LogP contribution >= 0.6 is 0 Å². The molecule has 0 N–H and O–H groups in total. The van der Waals surface area contributed by atoms with Gasteiger partial charge in [-0.05, 0) is 55.0 Å². The van der Waals surface area contributed by atoms with Crippen molar-refractivity contribution in [2.45, 2.75) is 90.9 Å². The Hall–Kier alpha value is -2.82. The monoisotopic (exact) mass is 450 g/mol. The Kier molecular flexibility index (Phi) is 12.7. The predicted molar refractivity (Wildman–Crippen MR) is 134 cm³/mol. The number of rotatable bonds is 16. The molecule has 5 heteroatoms. The fourth-order valence-electron chi connectivity index (χ4n) is 3.55. The summed E-state index contributed by atoms with van der Waals surface area (Å²) in [5.41, 5.74) is 2.02. The standard InChI is InChI=1S/C28H38N2O3/c1-3-5-6-7-8-9-10-11-12-13-14-28(32)33-26-21-19-25(20-22-26)30-29-24-17-15-23(16-18-24)27(31)4-2/h15-22H,3-14H2,1-2H3. The van der Waals surface area contributed by atoms with Crippen molar-refractivity contribution >= 4 is 23.1 Å². The van der Waals surface area contributed by atoms with Crippen LogP contribution < -0.4 is 4.74 Å². The number of Topliss-reactive ketones (excluding diaryl/α,β-unsaturated/α-hetero) is 1. The number of hydrogen-bond donors (Lipinski definition) is 0. The van der Waals surface area contributed by atoms with E-state index in [0.717, 1.165) is 12.8 Å². The molecule has 0 fully saturated rings. The van der Waals surface area contributed by atoms with Gasteiger partial charge in [-0.15, -0.1) is 0 Å². The summed E-state index contributed by atoms with van der Waals surface area (Å²) >= 11 is 0. The molecule has 0 atom stereocenters. The van der Waals surface area contributed by atoms with Gasteiger partial charge in [-0.2, -0.15) is 10.2 Å². The van der Waals surface area contributed by atoms with Crippen molar-refractivity contribution in [2.24, 2.45) is 10.2 Å². The molecule has 0 aliphatic heterocycles. The quantitative estimate of drug-likeness (QED) is 0.0842. The number of benzene rings is 2. The summed E-state index contributed by atoms with van der Waals surface area (Å²) in [6.07, 6.45) is 13.4. The number of unbranched alkanes of at least 4 members (excludes halogenated alkanes) is 9. The predicted octanol–water partition coefficient (Wildman–Crippen LogP) is 8.91. The van der Waals surface area contributed by atoms with Gasteiger partial charge in [0, 0.05) is 18.4 Å². The largest absolute Gasteiger partial charge is 0.427 e. The molecule has 0 unspecified atom stereocenters. The van der Waals surface area contributed by atoms with E-state index in [1.165, 1.54) is 51.4 Å². The molecule has 2 aromatic carbocycles. The number of esters is 1. The molecule has 0 amide bonds. The number of nitrogens with zero attached hydrogens (tertiary/aromatic N) is 2. The maximum atomic E-state index is 12.1. The number of carbonyl (C=O) groups excluding carboxylic acids is 2. The van der Waals surface area contributed by atoms with Crippen LogP contribution in [0, 0.1) is 0 Å². The van der Waals surface area contributed by atoms with Gasteiger partial charge in [-0.3, -0.25) is 9.59 Å². The fourth-order valence-corrected chi connectivity index (χ4v) is 3.55. The van der Waals surface area contributed by atoms with Crippen LogP contribution in [-0.4, -0.2) is 11.8 Å². The SMILES string of the molecule is CCCCCCCCCCCCC(=O)Oc1ccc(N=Nc2ccc(C(=O)CC)cc2)cc1. The Morgan fingerprint density at radius 1 is 0.667 bits per heavy atom. The van der Waals surface area contributed by atoms with Gasteiger partial charge in [0.15, 0.2) is 5.78 Å². The molecule has 0 heterocycles. The molecule has 0 spiro atoms. The van der Waals surface area contributed by atoms with Crippen LogP contribution in [0.2, 0.25) is 0 Å². The van der Waals surface area contributed by atoms with Gasteiger partial charge in [0.25, 0.3) is 0 Å². The summed E-state index contributed by atoms with van der Waals surface area (Å²) in [5, 5.41) is 8.39. The van der Waals surface area contributed by atoms with Crippen molar-refractivity contribution in [3.8, 4) is 5.75 Å². The Balaban J connectivity index is 1.63. The summed E-state index contributed by atoms with van der Waals surface area (Å²) in [6.45, 7) is 4.09. The molecule has 0 aromatic heterocycles. The zero-order chi connectivity index (χ0) is 23.7. The van der Waals surface area contributed by atoms with E-state index in [1.807, 2.05) is 6.92 Å². The van der Waals surface area contributed by atoms with E-state index in [-0.39, 0.29) is 11.8 Å². The molecular weight excluding hydrogens is 412 g/mol. The van der Waals surface area contributed by atoms with Crippen LogP contribution in [0.15, 0.2) is 58.8 Å². The highest BCUT2D eigenvalue weighted by atomic mass is 16.5. The Morgan fingerprint density at radius 3 is 1.67 bits per heavy atom. The van der Waals surface area contributed by atoms with E-state index >= 15 is 0 Å². The van der Waals surface area contributed by atoms with Gasteiger partial charge in [0.2, 0.25) is 0 Å². The van der Waals surface area contributed by atoms with Gasteiger partial charge < -0.3 is 4.74 Å². The number of ketones is 1. The first-order chi connectivity index (χ1) is 16.1. The van der Waals surface area contributed by atoms with Crippen LogP contribution in [-0.2, 0) is 4.79 Å². The summed E-state index contributed by atoms with van der Waals surface area (Å²) in [7, 11) is 0. The summed E-state index contributed by atoms with van der Waals surface area (Å²) in [4.78, 5) is 23.7. The summed E-state index contributed by atoms with van der Waals surface area (Å²) in [6, 6.07) is 14.1. The lowest BCUT2D eigenvalue weighted by atomic mass is 10.1. The first kappa shape index (κ1) is 26.4. The highest BCUT2D eigenvalue weighted by molar-refractivity contribution is 5.96. The van der Waals surface area contributed by atoms with Gasteiger partial charge in [-0.1, -0.05) is 71.6 Å². The molecule has 0 saturated carbocycles. The molecule has 5 nitrogen and oxygen atoms in total. The molecule has 178 valence electrons. The van der Waals surface area contributed by atoms with Crippen molar-refractivity contribution in [1.29, 1.82) is 0 Å². The number of azo groups is 1. The molecule has 0 aliphatic carbocycles. The molecular formula is C28H38N2O3. The van der Waals surface area contributed by atoms with E-state index < -0.39 is 0 Å². The second-order valence-corrected chi connectivity index (χ2v) is 8.42. The van der Waals surface area contributed by atoms with E-state index in [9.17, 15) is 9.59 Å². The highest BCUT2D eigenvalue weighted by Gasteiger charge is 2.05. The normalized spacial score (nSPS) is 11.1. The lowest BCUT2D eigenvalue weighted by Crippen LogP contribution is -2.07. The fraction of sp³-hybridized carbons (Fsp3) is 0.500. The highest BCUT2D eigenvalue weighted by Crippen LogP contribution is 2.22. The average molecular weight is 451 g/mol. The van der Waals surface area contributed by atoms with E-state index in [1.54, 1.807) is 48.5 Å². The van der Waals surface area contributed by atoms with Gasteiger partial charge >= 0.3 is 5.97 Å². The first-order valence-corrected chi connectivity index (χ1v) is 12.5.